The van der Waals surface area contributed by atoms with E-state index in [0.717, 1.165) is 0 Å². The van der Waals surface area contributed by atoms with Crippen LogP contribution in [0.5, 0.6) is 0 Å². The average Bonchev–Trinajstić information content (AvgIpc) is 2.02. The molecule has 0 bridgehead atoms. The first-order valence-corrected chi connectivity index (χ1v) is 6.20. The number of hydrogen-bond acceptors (Lipinski definition) is 3. The summed E-state index contributed by atoms with van der Waals surface area (Å²) in [6.45, 7) is 1.56. The van der Waals surface area contributed by atoms with Gasteiger partial charge in [0.2, 0.25) is 0 Å². The van der Waals surface area contributed by atoms with Crippen molar-refractivity contribution in [3.05, 3.63) is 28.3 Å². The number of nitrogens with zero attached hydrogens (tertiary/aromatic N) is 1. The Bertz CT molecular complexity index is 517. The van der Waals surface area contributed by atoms with Crippen molar-refractivity contribution in [2.45, 2.75) is 11.8 Å². The topological polar surface area (TPSA) is 57.9 Å². The molecule has 0 aliphatic rings. The normalized spacial score (nSPS) is 11.0. The molecular formula is C8H5Cl2NO2S. The largest absolute Gasteiger partial charge is 0.263 e. The van der Waals surface area contributed by atoms with E-state index < -0.39 is 9.05 Å². The minimum Gasteiger partial charge on any atom is -0.207 e. The zero-order valence-corrected chi connectivity index (χ0v) is 9.41. The molecule has 6 heteroatoms. The van der Waals surface area contributed by atoms with Crippen LogP contribution in [0.3, 0.4) is 0 Å². The molecule has 0 unspecified atom stereocenters. The van der Waals surface area contributed by atoms with Crippen LogP contribution in [0.1, 0.15) is 11.1 Å². The summed E-state index contributed by atoms with van der Waals surface area (Å²) < 4.78 is 22.2. The molecule has 1 aromatic rings. The van der Waals surface area contributed by atoms with Crippen molar-refractivity contribution in [1.82, 2.24) is 0 Å². The van der Waals surface area contributed by atoms with Gasteiger partial charge in [-0.1, -0.05) is 17.7 Å². The van der Waals surface area contributed by atoms with E-state index in [1.165, 1.54) is 12.1 Å². The molecule has 1 aromatic carbocycles. The summed E-state index contributed by atoms with van der Waals surface area (Å²) in [6, 6.07) is 4.71. The lowest BCUT2D eigenvalue weighted by Crippen LogP contribution is -1.97. The molecule has 0 amide bonds. The van der Waals surface area contributed by atoms with Crippen LogP contribution in [0.4, 0.5) is 0 Å². The second-order valence-corrected chi connectivity index (χ2v) is 5.50. The lowest BCUT2D eigenvalue weighted by molar-refractivity contribution is 0.609. The summed E-state index contributed by atoms with van der Waals surface area (Å²) in [4.78, 5) is -0.195. The Labute approximate surface area is 91.3 Å². The second-order valence-electron chi connectivity index (χ2n) is 2.62. The molecule has 0 aliphatic heterocycles. The number of rotatable bonds is 1. The first kappa shape index (κ1) is 11.3. The Balaban J connectivity index is 3.68. The first-order chi connectivity index (χ1) is 6.38. The maximum Gasteiger partial charge on any atom is 0.263 e. The van der Waals surface area contributed by atoms with E-state index in [-0.39, 0.29) is 15.5 Å². The van der Waals surface area contributed by atoms with Crippen LogP contribution in [0.25, 0.3) is 0 Å². The average molecular weight is 250 g/mol. The molecule has 1 rings (SSSR count). The second kappa shape index (κ2) is 3.77. The summed E-state index contributed by atoms with van der Waals surface area (Å²) in [7, 11) is 1.27. The Morgan fingerprint density at radius 2 is 2.00 bits per heavy atom. The lowest BCUT2D eigenvalue weighted by atomic mass is 10.2. The monoisotopic (exact) mass is 249 g/mol. The van der Waals surface area contributed by atoms with Gasteiger partial charge in [-0.2, -0.15) is 5.26 Å². The van der Waals surface area contributed by atoms with Crippen molar-refractivity contribution in [3.8, 4) is 6.07 Å². The molecule has 14 heavy (non-hydrogen) atoms. The van der Waals surface area contributed by atoms with Gasteiger partial charge in [0.1, 0.15) is 11.0 Å². The van der Waals surface area contributed by atoms with Crippen molar-refractivity contribution in [2.75, 3.05) is 0 Å². The third-order valence-electron chi connectivity index (χ3n) is 1.66. The van der Waals surface area contributed by atoms with Gasteiger partial charge in [-0.3, -0.25) is 0 Å². The molecule has 0 saturated heterocycles. The van der Waals surface area contributed by atoms with Crippen molar-refractivity contribution >= 4 is 31.3 Å². The van der Waals surface area contributed by atoms with Crippen LogP contribution < -0.4 is 0 Å². The van der Waals surface area contributed by atoms with Crippen molar-refractivity contribution in [1.29, 1.82) is 5.26 Å². The molecule has 0 spiro atoms. The standard InChI is InChI=1S/C8H5Cl2NO2S/c1-5-2-3-6(4-11)7(9)8(5)14(10,12)13/h2-3H,1H3. The predicted molar refractivity (Wildman–Crippen MR) is 53.9 cm³/mol. The number of benzene rings is 1. The van der Waals surface area contributed by atoms with Crippen molar-refractivity contribution in [2.24, 2.45) is 0 Å². The lowest BCUT2D eigenvalue weighted by Gasteiger charge is -2.05. The van der Waals surface area contributed by atoms with Gasteiger partial charge in [0.15, 0.2) is 0 Å². The smallest absolute Gasteiger partial charge is 0.207 e. The maximum atomic E-state index is 11.1. The summed E-state index contributed by atoms with van der Waals surface area (Å²) in [5, 5.41) is 8.50. The third-order valence-corrected chi connectivity index (χ3v) is 3.64. The molecule has 0 heterocycles. The molecular weight excluding hydrogens is 245 g/mol. The van der Waals surface area contributed by atoms with Gasteiger partial charge >= 0.3 is 0 Å². The number of aryl methyl sites for hydroxylation is 1. The van der Waals surface area contributed by atoms with Crippen LogP contribution in [0.2, 0.25) is 5.02 Å². The van der Waals surface area contributed by atoms with Crippen LogP contribution >= 0.6 is 22.3 Å². The summed E-state index contributed by atoms with van der Waals surface area (Å²) in [5.74, 6) is 0. The number of nitriles is 1. The molecule has 0 radical (unpaired) electrons. The fraction of sp³-hybridized carbons (Fsp3) is 0.125. The summed E-state index contributed by atoms with van der Waals surface area (Å²) >= 11 is 5.71. The highest BCUT2D eigenvalue weighted by atomic mass is 35.7. The van der Waals surface area contributed by atoms with Gasteiger partial charge in [0.25, 0.3) is 9.05 Å². The van der Waals surface area contributed by atoms with E-state index in [2.05, 4.69) is 0 Å². The Kier molecular flexibility index (Phi) is 3.05. The van der Waals surface area contributed by atoms with Crippen LogP contribution in [-0.2, 0) is 9.05 Å². The number of hydrogen-bond donors (Lipinski definition) is 0. The van der Waals surface area contributed by atoms with Gasteiger partial charge in [-0.25, -0.2) is 8.42 Å². The molecule has 0 aliphatic carbocycles. The maximum absolute atomic E-state index is 11.1. The minimum atomic E-state index is -3.91. The van der Waals surface area contributed by atoms with Gasteiger partial charge < -0.3 is 0 Å². The fourth-order valence-corrected chi connectivity index (χ4v) is 3.09. The Hall–Kier alpha value is -0.760. The first-order valence-electron chi connectivity index (χ1n) is 3.52. The zero-order chi connectivity index (χ0) is 10.9. The van der Waals surface area contributed by atoms with E-state index in [0.29, 0.717) is 5.56 Å². The van der Waals surface area contributed by atoms with E-state index in [4.69, 9.17) is 27.5 Å². The van der Waals surface area contributed by atoms with Crippen LogP contribution in [-0.4, -0.2) is 8.42 Å². The van der Waals surface area contributed by atoms with Gasteiger partial charge in [0, 0.05) is 10.7 Å². The third kappa shape index (κ3) is 2.01. The van der Waals surface area contributed by atoms with Gasteiger partial charge in [0.05, 0.1) is 10.6 Å². The predicted octanol–water partition coefficient (Wildman–Crippen LogP) is 2.45. The van der Waals surface area contributed by atoms with Crippen LogP contribution in [0.15, 0.2) is 17.0 Å². The molecule has 0 saturated carbocycles. The van der Waals surface area contributed by atoms with E-state index in [1.54, 1.807) is 13.0 Å². The zero-order valence-electron chi connectivity index (χ0n) is 7.08. The number of halogens is 2. The summed E-state index contributed by atoms with van der Waals surface area (Å²) in [5.41, 5.74) is 0.514. The highest BCUT2D eigenvalue weighted by Gasteiger charge is 2.20. The van der Waals surface area contributed by atoms with Gasteiger partial charge in [-0.05, 0) is 18.6 Å². The molecule has 3 nitrogen and oxygen atoms in total. The SMILES string of the molecule is Cc1ccc(C#N)c(Cl)c1S(=O)(=O)Cl. The van der Waals surface area contributed by atoms with E-state index in [1.807, 2.05) is 0 Å². The Morgan fingerprint density at radius 1 is 1.43 bits per heavy atom. The van der Waals surface area contributed by atoms with Crippen LogP contribution in [0, 0.1) is 18.3 Å². The van der Waals surface area contributed by atoms with Crippen molar-refractivity contribution in [3.63, 3.8) is 0 Å². The molecule has 0 N–H and O–H groups in total. The van der Waals surface area contributed by atoms with Gasteiger partial charge in [-0.15, -0.1) is 0 Å². The quantitative estimate of drug-likeness (QED) is 0.719. The highest BCUT2D eigenvalue weighted by Crippen LogP contribution is 2.30. The van der Waals surface area contributed by atoms with E-state index >= 15 is 0 Å². The van der Waals surface area contributed by atoms with Crippen molar-refractivity contribution < 1.29 is 8.42 Å². The molecule has 0 atom stereocenters. The molecule has 74 valence electrons. The Morgan fingerprint density at radius 3 is 2.43 bits per heavy atom. The summed E-state index contributed by atoms with van der Waals surface area (Å²) in [6.07, 6.45) is 0. The fourth-order valence-electron chi connectivity index (χ4n) is 1.04. The molecule has 0 fully saturated rings. The highest BCUT2D eigenvalue weighted by molar-refractivity contribution is 8.13. The minimum absolute atomic E-state index is 0.0940. The molecule has 0 aromatic heterocycles. The van der Waals surface area contributed by atoms with E-state index in [9.17, 15) is 8.42 Å².